The molecule has 0 amide bonds. The molecule has 1 fully saturated rings. The molecule has 0 spiro atoms. The fourth-order valence-corrected chi connectivity index (χ4v) is 2.00. The average molecular weight is 185 g/mol. The third kappa shape index (κ3) is 2.99. The molecular weight excluding hydrogens is 166 g/mol. The van der Waals surface area contributed by atoms with Gasteiger partial charge in [-0.25, -0.2) is 0 Å². The minimum atomic E-state index is -0.690. The van der Waals surface area contributed by atoms with Crippen molar-refractivity contribution < 1.29 is 9.90 Å². The van der Waals surface area contributed by atoms with Crippen molar-refractivity contribution in [2.45, 2.75) is 38.6 Å². The van der Waals surface area contributed by atoms with E-state index in [0.717, 1.165) is 0 Å². The molecule has 3 heteroatoms. The zero-order chi connectivity index (χ0) is 9.84. The lowest BCUT2D eigenvalue weighted by Crippen LogP contribution is -2.35. The lowest BCUT2D eigenvalue weighted by molar-refractivity contribution is -0.141. The summed E-state index contributed by atoms with van der Waals surface area (Å²) in [6.45, 7) is 2.45. The fourth-order valence-electron chi connectivity index (χ4n) is 2.00. The van der Waals surface area contributed by atoms with Crippen molar-refractivity contribution in [3.63, 3.8) is 0 Å². The van der Waals surface area contributed by atoms with Crippen LogP contribution in [0.4, 0.5) is 0 Å². The molecule has 0 radical (unpaired) electrons. The largest absolute Gasteiger partial charge is 0.481 e. The van der Waals surface area contributed by atoms with E-state index in [-0.39, 0.29) is 5.92 Å². The Morgan fingerprint density at radius 1 is 1.54 bits per heavy atom. The Labute approximate surface area is 79.7 Å². The van der Waals surface area contributed by atoms with Gasteiger partial charge >= 0.3 is 5.97 Å². The maximum Gasteiger partial charge on any atom is 0.307 e. The van der Waals surface area contributed by atoms with Gasteiger partial charge < -0.3 is 10.0 Å². The van der Waals surface area contributed by atoms with Crippen molar-refractivity contribution in [2.75, 3.05) is 13.6 Å². The SMILES string of the molecule is CC(CN(C)C1CCCC1)C(=O)O. The third-order valence-corrected chi connectivity index (χ3v) is 2.93. The molecular formula is C10H19NO2. The summed E-state index contributed by atoms with van der Waals surface area (Å²) in [6, 6.07) is 0.627. The van der Waals surface area contributed by atoms with E-state index in [2.05, 4.69) is 4.90 Å². The van der Waals surface area contributed by atoms with E-state index in [0.29, 0.717) is 12.6 Å². The Morgan fingerprint density at radius 3 is 2.54 bits per heavy atom. The first-order valence-corrected chi connectivity index (χ1v) is 5.04. The molecule has 0 bridgehead atoms. The topological polar surface area (TPSA) is 40.5 Å². The van der Waals surface area contributed by atoms with Crippen LogP contribution in [0.2, 0.25) is 0 Å². The van der Waals surface area contributed by atoms with Gasteiger partial charge in [-0.3, -0.25) is 4.79 Å². The van der Waals surface area contributed by atoms with Gasteiger partial charge in [-0.05, 0) is 19.9 Å². The van der Waals surface area contributed by atoms with Crippen LogP contribution in [0.5, 0.6) is 0 Å². The van der Waals surface area contributed by atoms with Crippen LogP contribution in [-0.4, -0.2) is 35.6 Å². The molecule has 0 aromatic rings. The van der Waals surface area contributed by atoms with E-state index in [1.165, 1.54) is 25.7 Å². The lowest BCUT2D eigenvalue weighted by Gasteiger charge is -2.25. The summed E-state index contributed by atoms with van der Waals surface area (Å²) in [5.41, 5.74) is 0. The van der Waals surface area contributed by atoms with Crippen molar-refractivity contribution in [1.29, 1.82) is 0 Å². The lowest BCUT2D eigenvalue weighted by atomic mass is 10.1. The van der Waals surface area contributed by atoms with Gasteiger partial charge in [0.25, 0.3) is 0 Å². The van der Waals surface area contributed by atoms with Crippen LogP contribution >= 0.6 is 0 Å². The molecule has 13 heavy (non-hydrogen) atoms. The Bertz CT molecular complexity index is 176. The van der Waals surface area contributed by atoms with E-state index in [4.69, 9.17) is 5.11 Å². The minimum Gasteiger partial charge on any atom is -0.481 e. The second kappa shape index (κ2) is 4.61. The standard InChI is InChI=1S/C10H19NO2/c1-8(10(12)13)7-11(2)9-5-3-4-6-9/h8-9H,3-7H2,1-2H3,(H,12,13). The van der Waals surface area contributed by atoms with Crippen LogP contribution in [0, 0.1) is 5.92 Å². The number of rotatable bonds is 4. The number of hydrogen-bond donors (Lipinski definition) is 1. The average Bonchev–Trinajstić information content (AvgIpc) is 2.55. The number of hydrogen-bond acceptors (Lipinski definition) is 2. The van der Waals surface area contributed by atoms with Gasteiger partial charge in [0.15, 0.2) is 0 Å². The van der Waals surface area contributed by atoms with Crippen molar-refractivity contribution in [2.24, 2.45) is 5.92 Å². The number of aliphatic carboxylic acids is 1. The van der Waals surface area contributed by atoms with Crippen LogP contribution in [0.25, 0.3) is 0 Å². The van der Waals surface area contributed by atoms with Gasteiger partial charge in [0.2, 0.25) is 0 Å². The highest BCUT2D eigenvalue weighted by atomic mass is 16.4. The first-order chi connectivity index (χ1) is 6.11. The highest BCUT2D eigenvalue weighted by Crippen LogP contribution is 2.22. The Morgan fingerprint density at radius 2 is 2.08 bits per heavy atom. The highest BCUT2D eigenvalue weighted by molar-refractivity contribution is 5.69. The van der Waals surface area contributed by atoms with Crippen molar-refractivity contribution >= 4 is 5.97 Å². The summed E-state index contributed by atoms with van der Waals surface area (Å²) in [4.78, 5) is 12.8. The van der Waals surface area contributed by atoms with Crippen molar-refractivity contribution in [3.8, 4) is 0 Å². The molecule has 0 saturated heterocycles. The Hall–Kier alpha value is -0.570. The number of carboxylic acids is 1. The Balaban J connectivity index is 2.30. The second-order valence-corrected chi connectivity index (χ2v) is 4.12. The summed E-state index contributed by atoms with van der Waals surface area (Å²) in [6.07, 6.45) is 5.08. The third-order valence-electron chi connectivity index (χ3n) is 2.93. The van der Waals surface area contributed by atoms with Gasteiger partial charge in [-0.1, -0.05) is 19.8 Å². The molecule has 1 N–H and O–H groups in total. The summed E-state index contributed by atoms with van der Waals surface area (Å²) in [5.74, 6) is -0.935. The minimum absolute atomic E-state index is 0.245. The van der Waals surface area contributed by atoms with Gasteiger partial charge in [-0.15, -0.1) is 0 Å². The monoisotopic (exact) mass is 185 g/mol. The predicted octanol–water partition coefficient (Wildman–Crippen LogP) is 1.58. The van der Waals surface area contributed by atoms with Crippen LogP contribution in [0.1, 0.15) is 32.6 Å². The highest BCUT2D eigenvalue weighted by Gasteiger charge is 2.22. The molecule has 0 aromatic carbocycles. The summed E-state index contributed by atoms with van der Waals surface area (Å²) < 4.78 is 0. The van der Waals surface area contributed by atoms with Crippen LogP contribution in [-0.2, 0) is 4.79 Å². The summed E-state index contributed by atoms with van der Waals surface area (Å²) in [7, 11) is 2.04. The molecule has 1 unspecified atom stereocenters. The van der Waals surface area contributed by atoms with Crippen LogP contribution < -0.4 is 0 Å². The van der Waals surface area contributed by atoms with Crippen molar-refractivity contribution in [1.82, 2.24) is 4.90 Å². The van der Waals surface area contributed by atoms with Gasteiger partial charge in [0, 0.05) is 12.6 Å². The summed E-state index contributed by atoms with van der Waals surface area (Å²) >= 11 is 0. The normalized spacial score (nSPS) is 20.8. The fraction of sp³-hybridized carbons (Fsp3) is 0.900. The first-order valence-electron chi connectivity index (χ1n) is 5.04. The van der Waals surface area contributed by atoms with E-state index >= 15 is 0 Å². The van der Waals surface area contributed by atoms with Gasteiger partial charge in [-0.2, -0.15) is 0 Å². The maximum atomic E-state index is 10.6. The van der Waals surface area contributed by atoms with Gasteiger partial charge in [0.1, 0.15) is 0 Å². The zero-order valence-electron chi connectivity index (χ0n) is 8.49. The molecule has 0 aliphatic heterocycles. The predicted molar refractivity (Wildman–Crippen MR) is 51.7 cm³/mol. The molecule has 0 aromatic heterocycles. The van der Waals surface area contributed by atoms with E-state index in [1.54, 1.807) is 6.92 Å². The number of carbonyl (C=O) groups is 1. The first kappa shape index (κ1) is 10.5. The molecule has 1 aliphatic rings. The molecule has 3 nitrogen and oxygen atoms in total. The van der Waals surface area contributed by atoms with E-state index in [1.807, 2.05) is 7.05 Å². The second-order valence-electron chi connectivity index (χ2n) is 4.12. The van der Waals surface area contributed by atoms with E-state index < -0.39 is 5.97 Å². The van der Waals surface area contributed by atoms with Crippen LogP contribution in [0.15, 0.2) is 0 Å². The van der Waals surface area contributed by atoms with Gasteiger partial charge in [0.05, 0.1) is 5.92 Å². The molecule has 1 rings (SSSR count). The quantitative estimate of drug-likeness (QED) is 0.723. The maximum absolute atomic E-state index is 10.6. The number of nitrogens with zero attached hydrogens (tertiary/aromatic N) is 1. The molecule has 1 saturated carbocycles. The van der Waals surface area contributed by atoms with E-state index in [9.17, 15) is 4.79 Å². The van der Waals surface area contributed by atoms with Crippen LogP contribution in [0.3, 0.4) is 0 Å². The van der Waals surface area contributed by atoms with Crippen molar-refractivity contribution in [3.05, 3.63) is 0 Å². The molecule has 0 heterocycles. The molecule has 1 atom stereocenters. The smallest absolute Gasteiger partial charge is 0.307 e. The number of carboxylic acid groups (broad SMARTS) is 1. The molecule has 76 valence electrons. The summed E-state index contributed by atoms with van der Waals surface area (Å²) in [5, 5.41) is 8.75. The zero-order valence-corrected chi connectivity index (χ0v) is 8.49. The Kier molecular flexibility index (Phi) is 3.72. The molecule has 1 aliphatic carbocycles.